The molecule has 1 aromatic rings. The van der Waals surface area contributed by atoms with Crippen LogP contribution in [0.4, 0.5) is 4.39 Å². The predicted molar refractivity (Wildman–Crippen MR) is 86.1 cm³/mol. The molecule has 0 aromatic heterocycles. The van der Waals surface area contributed by atoms with E-state index in [1.54, 1.807) is 7.11 Å². The predicted octanol–water partition coefficient (Wildman–Crippen LogP) is 1.75. The van der Waals surface area contributed by atoms with Crippen molar-refractivity contribution in [2.75, 3.05) is 40.5 Å². The average molecular weight is 335 g/mol. The third-order valence-corrected chi connectivity index (χ3v) is 2.89. The van der Waals surface area contributed by atoms with E-state index in [1.807, 2.05) is 7.05 Å². The quantitative estimate of drug-likeness (QED) is 0.640. The number of rotatable bonds is 10. The van der Waals surface area contributed by atoms with Gasteiger partial charge in [0.15, 0.2) is 0 Å². The van der Waals surface area contributed by atoms with E-state index >= 15 is 0 Å². The van der Waals surface area contributed by atoms with Crippen LogP contribution in [0.5, 0.6) is 0 Å². The first-order valence-electron chi connectivity index (χ1n) is 6.97. The SMILES string of the molecule is CNCCCNC(=O)c1ccc(F)c(COCCOC)c1.Cl. The van der Waals surface area contributed by atoms with E-state index in [1.165, 1.54) is 18.2 Å². The Morgan fingerprint density at radius 3 is 2.73 bits per heavy atom. The van der Waals surface area contributed by atoms with Crippen molar-refractivity contribution in [3.8, 4) is 0 Å². The van der Waals surface area contributed by atoms with Crippen LogP contribution in [-0.2, 0) is 16.1 Å². The first-order valence-corrected chi connectivity index (χ1v) is 6.97. The van der Waals surface area contributed by atoms with Gasteiger partial charge in [0.05, 0.1) is 19.8 Å². The Labute approximate surface area is 137 Å². The number of ether oxygens (including phenoxy) is 2. The van der Waals surface area contributed by atoms with Crippen LogP contribution in [0.1, 0.15) is 22.3 Å². The molecule has 0 saturated carbocycles. The molecule has 0 atom stereocenters. The lowest BCUT2D eigenvalue weighted by Crippen LogP contribution is -2.26. The highest BCUT2D eigenvalue weighted by Gasteiger charge is 2.09. The van der Waals surface area contributed by atoms with Gasteiger partial charge in [0.1, 0.15) is 5.82 Å². The van der Waals surface area contributed by atoms with Crippen molar-refractivity contribution in [3.63, 3.8) is 0 Å². The van der Waals surface area contributed by atoms with Crippen molar-refractivity contribution in [1.29, 1.82) is 0 Å². The van der Waals surface area contributed by atoms with Crippen molar-refractivity contribution in [1.82, 2.24) is 10.6 Å². The summed E-state index contributed by atoms with van der Waals surface area (Å²) in [6.45, 7) is 2.37. The standard InChI is InChI=1S/C15H23FN2O3.ClH/c1-17-6-3-7-18-15(19)12-4-5-14(16)13(10-12)11-21-9-8-20-2;/h4-5,10,17H,3,6-9,11H2,1-2H3,(H,18,19);1H. The van der Waals surface area contributed by atoms with Crippen LogP contribution in [0.2, 0.25) is 0 Å². The minimum absolute atomic E-state index is 0. The summed E-state index contributed by atoms with van der Waals surface area (Å²) in [7, 11) is 3.43. The summed E-state index contributed by atoms with van der Waals surface area (Å²) in [5.41, 5.74) is 0.806. The Bertz CT molecular complexity index is 447. The summed E-state index contributed by atoms with van der Waals surface area (Å²) in [4.78, 5) is 11.9. The van der Waals surface area contributed by atoms with E-state index in [0.717, 1.165) is 13.0 Å². The highest BCUT2D eigenvalue weighted by Crippen LogP contribution is 2.12. The van der Waals surface area contributed by atoms with Crippen LogP contribution in [-0.4, -0.2) is 46.4 Å². The molecule has 1 rings (SSSR count). The largest absolute Gasteiger partial charge is 0.382 e. The molecule has 0 heterocycles. The van der Waals surface area contributed by atoms with Gasteiger partial charge in [-0.25, -0.2) is 4.39 Å². The normalized spacial score (nSPS) is 10.1. The molecule has 0 fully saturated rings. The van der Waals surface area contributed by atoms with Crippen LogP contribution in [0.3, 0.4) is 0 Å². The van der Waals surface area contributed by atoms with Crippen LogP contribution < -0.4 is 10.6 Å². The average Bonchev–Trinajstić information content (AvgIpc) is 2.49. The van der Waals surface area contributed by atoms with Gasteiger partial charge in [0.2, 0.25) is 0 Å². The number of halogens is 2. The Balaban J connectivity index is 0.00000441. The monoisotopic (exact) mass is 334 g/mol. The van der Waals surface area contributed by atoms with Gasteiger partial charge < -0.3 is 20.1 Å². The van der Waals surface area contributed by atoms with Crippen LogP contribution in [0.15, 0.2) is 18.2 Å². The van der Waals surface area contributed by atoms with Gasteiger partial charge in [-0.05, 0) is 38.2 Å². The summed E-state index contributed by atoms with van der Waals surface area (Å²) >= 11 is 0. The number of carbonyl (C=O) groups is 1. The van der Waals surface area contributed by atoms with Gasteiger partial charge in [-0.15, -0.1) is 12.4 Å². The number of carbonyl (C=O) groups excluding carboxylic acids is 1. The molecule has 1 aromatic carbocycles. The summed E-state index contributed by atoms with van der Waals surface area (Å²) in [5, 5.41) is 5.80. The molecule has 0 bridgehead atoms. The first-order chi connectivity index (χ1) is 10.2. The Morgan fingerprint density at radius 1 is 1.27 bits per heavy atom. The van der Waals surface area contributed by atoms with E-state index in [4.69, 9.17) is 9.47 Å². The molecular weight excluding hydrogens is 311 g/mol. The maximum Gasteiger partial charge on any atom is 0.251 e. The second-order valence-corrected chi connectivity index (χ2v) is 4.56. The molecule has 1 amide bonds. The molecular formula is C15H24ClFN2O3. The highest BCUT2D eigenvalue weighted by molar-refractivity contribution is 5.94. The fraction of sp³-hybridized carbons (Fsp3) is 0.533. The van der Waals surface area contributed by atoms with Crippen molar-refractivity contribution in [2.45, 2.75) is 13.0 Å². The molecule has 0 spiro atoms. The minimum Gasteiger partial charge on any atom is -0.382 e. The van der Waals surface area contributed by atoms with Gasteiger partial charge in [0.25, 0.3) is 5.91 Å². The van der Waals surface area contributed by atoms with Gasteiger partial charge in [-0.2, -0.15) is 0 Å². The minimum atomic E-state index is -0.376. The molecule has 22 heavy (non-hydrogen) atoms. The number of nitrogens with one attached hydrogen (secondary N) is 2. The zero-order valence-electron chi connectivity index (χ0n) is 13.0. The summed E-state index contributed by atoms with van der Waals surface area (Å²) in [6.07, 6.45) is 0.844. The molecule has 0 aliphatic heterocycles. The van der Waals surface area contributed by atoms with E-state index in [9.17, 15) is 9.18 Å². The lowest BCUT2D eigenvalue weighted by molar-refractivity contribution is 0.0604. The number of amides is 1. The van der Waals surface area contributed by atoms with Crippen molar-refractivity contribution in [2.24, 2.45) is 0 Å². The van der Waals surface area contributed by atoms with Crippen molar-refractivity contribution in [3.05, 3.63) is 35.1 Å². The number of benzene rings is 1. The van der Waals surface area contributed by atoms with Crippen LogP contribution >= 0.6 is 12.4 Å². The molecule has 0 unspecified atom stereocenters. The maximum atomic E-state index is 13.6. The van der Waals surface area contributed by atoms with Crippen LogP contribution in [0.25, 0.3) is 0 Å². The van der Waals surface area contributed by atoms with E-state index in [-0.39, 0.29) is 30.7 Å². The second-order valence-electron chi connectivity index (χ2n) is 4.56. The highest BCUT2D eigenvalue weighted by atomic mass is 35.5. The third kappa shape index (κ3) is 7.70. The summed E-state index contributed by atoms with van der Waals surface area (Å²) in [5.74, 6) is -0.580. The van der Waals surface area contributed by atoms with Crippen molar-refractivity contribution >= 4 is 18.3 Å². The molecule has 0 saturated heterocycles. The molecule has 126 valence electrons. The number of hydrogen-bond donors (Lipinski definition) is 2. The molecule has 0 aliphatic rings. The Kier molecular flexibility index (Phi) is 11.7. The Morgan fingerprint density at radius 2 is 2.05 bits per heavy atom. The van der Waals surface area contributed by atoms with Gasteiger partial charge in [-0.3, -0.25) is 4.79 Å². The molecule has 2 N–H and O–H groups in total. The fourth-order valence-corrected chi connectivity index (χ4v) is 1.72. The zero-order chi connectivity index (χ0) is 15.5. The molecule has 0 radical (unpaired) electrons. The third-order valence-electron chi connectivity index (χ3n) is 2.89. The van der Waals surface area contributed by atoms with Gasteiger partial charge in [0, 0.05) is 24.8 Å². The van der Waals surface area contributed by atoms with Gasteiger partial charge in [-0.1, -0.05) is 0 Å². The fourth-order valence-electron chi connectivity index (χ4n) is 1.72. The molecule has 0 aliphatic carbocycles. The summed E-state index contributed by atoms with van der Waals surface area (Å²) < 4.78 is 23.8. The molecule has 5 nitrogen and oxygen atoms in total. The summed E-state index contributed by atoms with van der Waals surface area (Å²) in [6, 6.07) is 4.29. The first kappa shape index (κ1) is 20.8. The lowest BCUT2D eigenvalue weighted by atomic mass is 10.1. The lowest BCUT2D eigenvalue weighted by Gasteiger charge is -2.09. The smallest absolute Gasteiger partial charge is 0.251 e. The van der Waals surface area contributed by atoms with Crippen LogP contribution in [0, 0.1) is 5.82 Å². The topological polar surface area (TPSA) is 59.6 Å². The zero-order valence-corrected chi connectivity index (χ0v) is 13.8. The second kappa shape index (κ2) is 12.3. The Hall–Kier alpha value is -1.21. The number of methoxy groups -OCH3 is 1. The maximum absolute atomic E-state index is 13.6. The van der Waals surface area contributed by atoms with E-state index < -0.39 is 0 Å². The van der Waals surface area contributed by atoms with Crippen molar-refractivity contribution < 1.29 is 18.7 Å². The van der Waals surface area contributed by atoms with E-state index in [2.05, 4.69) is 10.6 Å². The van der Waals surface area contributed by atoms with E-state index in [0.29, 0.717) is 30.9 Å². The molecule has 7 heteroatoms. The van der Waals surface area contributed by atoms with Gasteiger partial charge >= 0.3 is 0 Å². The number of hydrogen-bond acceptors (Lipinski definition) is 4.